The summed E-state index contributed by atoms with van der Waals surface area (Å²) >= 11 is 0. The lowest BCUT2D eigenvalue weighted by atomic mass is 10.1. The van der Waals surface area contributed by atoms with E-state index in [9.17, 15) is 0 Å². The Morgan fingerprint density at radius 3 is 2.29 bits per heavy atom. The van der Waals surface area contributed by atoms with E-state index in [1.54, 1.807) is 0 Å². The predicted octanol–water partition coefficient (Wildman–Crippen LogP) is 2.14. The number of nitrogens with zero attached hydrogens (tertiary/aromatic N) is 4. The van der Waals surface area contributed by atoms with Crippen LogP contribution < -0.4 is 10.2 Å². The Kier molecular flexibility index (Phi) is 6.55. The number of rotatable bonds is 7. The minimum atomic E-state index is 0.0933. The zero-order valence-corrected chi connectivity index (χ0v) is 14.6. The summed E-state index contributed by atoms with van der Waals surface area (Å²) in [5.74, 6) is 0.950. The summed E-state index contributed by atoms with van der Waals surface area (Å²) in [7, 11) is 4.19. The van der Waals surface area contributed by atoms with E-state index in [2.05, 4.69) is 73.8 Å². The van der Waals surface area contributed by atoms with Gasteiger partial charge in [-0.3, -0.25) is 4.98 Å². The standard InChI is InChI=1S/C16H31N5/c1-8-21(13(2)12-20(6)7)15-11-17-14(9-18-15)10-19-16(3,4)5/h9,11,13,19H,8,10,12H2,1-7H3. The zero-order chi connectivity index (χ0) is 16.0. The SMILES string of the molecule is CCN(c1cnc(CNC(C)(C)C)cn1)C(C)CN(C)C. The number of hydrogen-bond acceptors (Lipinski definition) is 5. The van der Waals surface area contributed by atoms with Crippen molar-refractivity contribution in [3.05, 3.63) is 18.1 Å². The molecule has 0 fully saturated rings. The maximum absolute atomic E-state index is 4.58. The molecular formula is C16H31N5. The van der Waals surface area contributed by atoms with Gasteiger partial charge in [0, 0.05) is 31.2 Å². The first kappa shape index (κ1) is 17.9. The molecule has 21 heavy (non-hydrogen) atoms. The monoisotopic (exact) mass is 293 g/mol. The minimum Gasteiger partial charge on any atom is -0.352 e. The van der Waals surface area contributed by atoms with Crippen molar-refractivity contribution < 1.29 is 0 Å². The van der Waals surface area contributed by atoms with Crippen LogP contribution in [0.4, 0.5) is 5.82 Å². The fraction of sp³-hybridized carbons (Fsp3) is 0.750. The molecule has 1 aromatic rings. The molecule has 1 unspecified atom stereocenters. The number of likely N-dealkylation sites (N-methyl/N-ethyl adjacent to an activating group) is 2. The van der Waals surface area contributed by atoms with Gasteiger partial charge in [-0.15, -0.1) is 0 Å². The second-order valence-corrected chi connectivity index (χ2v) is 6.87. The maximum atomic E-state index is 4.58. The van der Waals surface area contributed by atoms with Gasteiger partial charge in [0.25, 0.3) is 0 Å². The minimum absolute atomic E-state index is 0.0933. The molecule has 0 bridgehead atoms. The molecule has 1 rings (SSSR count). The average molecular weight is 293 g/mol. The third-order valence-corrected chi connectivity index (χ3v) is 3.29. The molecule has 5 heteroatoms. The molecule has 5 nitrogen and oxygen atoms in total. The molecular weight excluding hydrogens is 262 g/mol. The lowest BCUT2D eigenvalue weighted by molar-refractivity contribution is 0.372. The third-order valence-electron chi connectivity index (χ3n) is 3.29. The predicted molar refractivity (Wildman–Crippen MR) is 89.7 cm³/mol. The number of nitrogens with one attached hydrogen (secondary N) is 1. The molecule has 1 aromatic heterocycles. The average Bonchev–Trinajstić information content (AvgIpc) is 2.37. The van der Waals surface area contributed by atoms with Crippen LogP contribution in [0.2, 0.25) is 0 Å². The highest BCUT2D eigenvalue weighted by atomic mass is 15.2. The number of anilines is 1. The van der Waals surface area contributed by atoms with Crippen molar-refractivity contribution in [1.82, 2.24) is 20.2 Å². The lowest BCUT2D eigenvalue weighted by Gasteiger charge is -2.30. The summed E-state index contributed by atoms with van der Waals surface area (Å²) < 4.78 is 0. The van der Waals surface area contributed by atoms with Gasteiger partial charge in [0.1, 0.15) is 5.82 Å². The lowest BCUT2D eigenvalue weighted by Crippen LogP contribution is -2.40. The van der Waals surface area contributed by atoms with Gasteiger partial charge in [0.05, 0.1) is 18.1 Å². The number of aromatic nitrogens is 2. The van der Waals surface area contributed by atoms with Crippen molar-refractivity contribution in [1.29, 1.82) is 0 Å². The molecule has 0 radical (unpaired) electrons. The van der Waals surface area contributed by atoms with Crippen molar-refractivity contribution in [2.45, 2.75) is 52.7 Å². The molecule has 1 N–H and O–H groups in total. The summed E-state index contributed by atoms with van der Waals surface area (Å²) in [5, 5.41) is 3.43. The Hall–Kier alpha value is -1.20. The van der Waals surface area contributed by atoms with Gasteiger partial charge in [-0.1, -0.05) is 0 Å². The Bertz CT molecular complexity index is 408. The molecule has 1 atom stereocenters. The summed E-state index contributed by atoms with van der Waals surface area (Å²) in [6.07, 6.45) is 3.76. The van der Waals surface area contributed by atoms with Gasteiger partial charge in [-0.25, -0.2) is 4.98 Å². The first-order chi connectivity index (χ1) is 9.73. The second-order valence-electron chi connectivity index (χ2n) is 6.87. The molecule has 0 amide bonds. The summed E-state index contributed by atoms with van der Waals surface area (Å²) in [6.45, 7) is 13.5. The molecule has 0 aliphatic carbocycles. The fourth-order valence-electron chi connectivity index (χ4n) is 2.27. The topological polar surface area (TPSA) is 44.3 Å². The Balaban J connectivity index is 2.70. The highest BCUT2D eigenvalue weighted by Crippen LogP contribution is 2.13. The van der Waals surface area contributed by atoms with Crippen LogP contribution >= 0.6 is 0 Å². The molecule has 120 valence electrons. The van der Waals surface area contributed by atoms with Crippen LogP contribution in [0.15, 0.2) is 12.4 Å². The molecule has 0 aliphatic heterocycles. The molecule has 0 aliphatic rings. The largest absolute Gasteiger partial charge is 0.352 e. The van der Waals surface area contributed by atoms with E-state index in [1.165, 1.54) is 0 Å². The van der Waals surface area contributed by atoms with Crippen molar-refractivity contribution >= 4 is 5.82 Å². The Morgan fingerprint density at radius 1 is 1.19 bits per heavy atom. The molecule has 0 aromatic carbocycles. The Labute approximate surface area is 129 Å². The Morgan fingerprint density at radius 2 is 1.86 bits per heavy atom. The maximum Gasteiger partial charge on any atom is 0.147 e. The van der Waals surface area contributed by atoms with E-state index in [0.717, 1.165) is 31.1 Å². The van der Waals surface area contributed by atoms with E-state index >= 15 is 0 Å². The number of hydrogen-bond donors (Lipinski definition) is 1. The van der Waals surface area contributed by atoms with E-state index in [-0.39, 0.29) is 5.54 Å². The van der Waals surface area contributed by atoms with E-state index in [0.29, 0.717) is 6.04 Å². The van der Waals surface area contributed by atoms with E-state index in [4.69, 9.17) is 0 Å². The third kappa shape index (κ3) is 6.40. The molecule has 1 heterocycles. The van der Waals surface area contributed by atoms with Crippen molar-refractivity contribution in [2.75, 3.05) is 32.1 Å². The highest BCUT2D eigenvalue weighted by molar-refractivity contribution is 5.37. The van der Waals surface area contributed by atoms with Gasteiger partial charge < -0.3 is 15.1 Å². The van der Waals surface area contributed by atoms with Crippen LogP contribution in [0, 0.1) is 0 Å². The van der Waals surface area contributed by atoms with Crippen molar-refractivity contribution in [3.8, 4) is 0 Å². The van der Waals surface area contributed by atoms with Gasteiger partial charge in [0.2, 0.25) is 0 Å². The van der Waals surface area contributed by atoms with Crippen LogP contribution in [-0.4, -0.2) is 53.6 Å². The van der Waals surface area contributed by atoms with Gasteiger partial charge in [0.15, 0.2) is 0 Å². The van der Waals surface area contributed by atoms with Crippen LogP contribution in [0.25, 0.3) is 0 Å². The summed E-state index contributed by atoms with van der Waals surface area (Å²) in [6, 6.07) is 0.415. The van der Waals surface area contributed by atoms with Crippen LogP contribution in [0.3, 0.4) is 0 Å². The van der Waals surface area contributed by atoms with Crippen molar-refractivity contribution in [3.63, 3.8) is 0 Å². The smallest absolute Gasteiger partial charge is 0.147 e. The fourth-order valence-corrected chi connectivity index (χ4v) is 2.27. The molecule has 0 saturated heterocycles. The summed E-state index contributed by atoms with van der Waals surface area (Å²) in [4.78, 5) is 13.6. The van der Waals surface area contributed by atoms with Crippen LogP contribution in [0.1, 0.15) is 40.3 Å². The van der Waals surface area contributed by atoms with Crippen molar-refractivity contribution in [2.24, 2.45) is 0 Å². The van der Waals surface area contributed by atoms with E-state index < -0.39 is 0 Å². The van der Waals surface area contributed by atoms with Gasteiger partial charge >= 0.3 is 0 Å². The highest BCUT2D eigenvalue weighted by Gasteiger charge is 2.15. The second kappa shape index (κ2) is 7.71. The quantitative estimate of drug-likeness (QED) is 0.834. The van der Waals surface area contributed by atoms with Crippen LogP contribution in [0.5, 0.6) is 0 Å². The van der Waals surface area contributed by atoms with E-state index in [1.807, 2.05) is 12.4 Å². The van der Waals surface area contributed by atoms with Crippen LogP contribution in [-0.2, 0) is 6.54 Å². The first-order valence-electron chi connectivity index (χ1n) is 7.70. The molecule has 0 spiro atoms. The first-order valence-corrected chi connectivity index (χ1v) is 7.70. The van der Waals surface area contributed by atoms with Gasteiger partial charge in [-0.05, 0) is 48.7 Å². The summed E-state index contributed by atoms with van der Waals surface area (Å²) in [5.41, 5.74) is 1.07. The van der Waals surface area contributed by atoms with Gasteiger partial charge in [-0.2, -0.15) is 0 Å². The molecule has 0 saturated carbocycles. The zero-order valence-electron chi connectivity index (χ0n) is 14.6. The normalized spacial score (nSPS) is 13.5.